The summed E-state index contributed by atoms with van der Waals surface area (Å²) in [5.74, 6) is 0.360. The second-order valence-electron chi connectivity index (χ2n) is 5.34. The molecule has 106 valence electrons. The van der Waals surface area contributed by atoms with Crippen molar-refractivity contribution in [2.24, 2.45) is 0 Å². The van der Waals surface area contributed by atoms with Gasteiger partial charge < -0.3 is 4.90 Å². The third kappa shape index (κ3) is 3.31. The molecule has 0 spiro atoms. The smallest absolute Gasteiger partial charge is 0.186 e. The molecule has 1 fully saturated rings. The highest BCUT2D eigenvalue weighted by molar-refractivity contribution is 8.00. The predicted octanol–water partition coefficient (Wildman–Crippen LogP) is 3.80. The fourth-order valence-electron chi connectivity index (χ4n) is 2.43. The van der Waals surface area contributed by atoms with Gasteiger partial charge in [0, 0.05) is 23.6 Å². The number of aldehydes is 1. The Balaban J connectivity index is 2.25. The number of aromatic nitrogens is 1. The monoisotopic (exact) mass is 298 g/mol. The van der Waals surface area contributed by atoms with Gasteiger partial charge in [0.1, 0.15) is 0 Å². The third-order valence-electron chi connectivity index (χ3n) is 3.55. The number of hydrogen-bond donors (Lipinski definition) is 0. The van der Waals surface area contributed by atoms with Crippen molar-refractivity contribution < 1.29 is 4.79 Å². The Morgan fingerprint density at radius 1 is 1.42 bits per heavy atom. The maximum atomic E-state index is 11.2. The molecule has 3 nitrogen and oxygen atoms in total. The lowest BCUT2D eigenvalue weighted by molar-refractivity contribution is 0.112. The molecular formula is C14H22N2OS2. The van der Waals surface area contributed by atoms with Crippen molar-refractivity contribution in [1.29, 1.82) is 0 Å². The number of carbonyl (C=O) groups is 1. The second kappa shape index (κ2) is 6.27. The molecule has 2 rings (SSSR count). The van der Waals surface area contributed by atoms with Crippen molar-refractivity contribution in [2.75, 3.05) is 18.0 Å². The SMILES string of the molecule is CCC(C)c1nc(N2CC(C)SC(C)C2)sc1C=O. The van der Waals surface area contributed by atoms with Gasteiger partial charge >= 0.3 is 0 Å². The first-order valence-electron chi connectivity index (χ1n) is 6.91. The van der Waals surface area contributed by atoms with Crippen molar-refractivity contribution in [1.82, 2.24) is 4.98 Å². The molecule has 1 aromatic rings. The minimum absolute atomic E-state index is 0.360. The van der Waals surface area contributed by atoms with Crippen molar-refractivity contribution in [3.05, 3.63) is 10.6 Å². The molecule has 0 bridgehead atoms. The van der Waals surface area contributed by atoms with Crippen LogP contribution >= 0.6 is 23.1 Å². The molecule has 3 unspecified atom stereocenters. The van der Waals surface area contributed by atoms with Gasteiger partial charge in [-0.1, -0.05) is 39.0 Å². The number of carbonyl (C=O) groups excluding carboxylic acids is 1. The van der Waals surface area contributed by atoms with Crippen molar-refractivity contribution in [2.45, 2.75) is 50.5 Å². The zero-order chi connectivity index (χ0) is 14.0. The van der Waals surface area contributed by atoms with E-state index < -0.39 is 0 Å². The van der Waals surface area contributed by atoms with Crippen LogP contribution in [-0.2, 0) is 0 Å². The van der Waals surface area contributed by atoms with Gasteiger partial charge in [0.25, 0.3) is 0 Å². The van der Waals surface area contributed by atoms with Gasteiger partial charge in [-0.05, 0) is 12.3 Å². The molecule has 5 heteroatoms. The average molecular weight is 298 g/mol. The molecule has 1 saturated heterocycles. The molecule has 0 aliphatic carbocycles. The fourth-order valence-corrected chi connectivity index (χ4v) is 4.78. The molecule has 1 aromatic heterocycles. The molecule has 1 aliphatic rings. The predicted molar refractivity (Wildman–Crippen MR) is 84.9 cm³/mol. The van der Waals surface area contributed by atoms with E-state index in [1.54, 1.807) is 11.3 Å². The summed E-state index contributed by atoms with van der Waals surface area (Å²) in [6.07, 6.45) is 1.99. The van der Waals surface area contributed by atoms with E-state index in [0.717, 1.165) is 41.5 Å². The van der Waals surface area contributed by atoms with E-state index in [-0.39, 0.29) is 0 Å². The van der Waals surface area contributed by atoms with Crippen LogP contribution in [0.25, 0.3) is 0 Å². The van der Waals surface area contributed by atoms with Crippen LogP contribution in [0.1, 0.15) is 55.4 Å². The largest absolute Gasteiger partial charge is 0.346 e. The van der Waals surface area contributed by atoms with Crippen molar-refractivity contribution >= 4 is 34.5 Å². The van der Waals surface area contributed by atoms with E-state index in [2.05, 4.69) is 32.6 Å². The van der Waals surface area contributed by atoms with Crippen LogP contribution in [0.3, 0.4) is 0 Å². The first kappa shape index (κ1) is 14.9. The van der Waals surface area contributed by atoms with Crippen LogP contribution in [0.5, 0.6) is 0 Å². The summed E-state index contributed by atoms with van der Waals surface area (Å²) >= 11 is 3.58. The van der Waals surface area contributed by atoms with Crippen LogP contribution in [-0.4, -0.2) is 34.9 Å². The number of anilines is 1. The molecule has 0 amide bonds. The maximum Gasteiger partial charge on any atom is 0.186 e. The summed E-state index contributed by atoms with van der Waals surface area (Å²) in [5, 5.41) is 2.27. The Bertz CT molecular complexity index is 437. The fraction of sp³-hybridized carbons (Fsp3) is 0.714. The van der Waals surface area contributed by atoms with Crippen LogP contribution in [0.4, 0.5) is 5.13 Å². The molecule has 3 atom stereocenters. The Morgan fingerprint density at radius 3 is 2.58 bits per heavy atom. The molecule has 0 radical (unpaired) electrons. The highest BCUT2D eigenvalue weighted by atomic mass is 32.2. The molecule has 19 heavy (non-hydrogen) atoms. The van der Waals surface area contributed by atoms with E-state index in [1.165, 1.54) is 0 Å². The van der Waals surface area contributed by atoms with Gasteiger partial charge in [-0.25, -0.2) is 4.98 Å². The van der Waals surface area contributed by atoms with Gasteiger partial charge in [0.05, 0.1) is 10.6 Å². The second-order valence-corrected chi connectivity index (χ2v) is 8.23. The summed E-state index contributed by atoms with van der Waals surface area (Å²) in [6.45, 7) is 10.9. The van der Waals surface area contributed by atoms with Crippen LogP contribution in [0.2, 0.25) is 0 Å². The molecular weight excluding hydrogens is 276 g/mol. The first-order valence-corrected chi connectivity index (χ1v) is 8.67. The topological polar surface area (TPSA) is 33.2 Å². The Labute approximate surface area is 123 Å². The molecule has 2 heterocycles. The first-order chi connectivity index (χ1) is 9.05. The molecule has 0 saturated carbocycles. The molecule has 0 aromatic carbocycles. The normalized spacial score (nSPS) is 25.4. The van der Waals surface area contributed by atoms with Crippen LogP contribution in [0, 0.1) is 0 Å². The van der Waals surface area contributed by atoms with Crippen molar-refractivity contribution in [3.8, 4) is 0 Å². The zero-order valence-corrected chi connectivity index (χ0v) is 13.7. The minimum atomic E-state index is 0.360. The van der Waals surface area contributed by atoms with E-state index in [0.29, 0.717) is 16.4 Å². The summed E-state index contributed by atoms with van der Waals surface area (Å²) in [5.41, 5.74) is 0.982. The van der Waals surface area contributed by atoms with Crippen LogP contribution < -0.4 is 4.90 Å². The van der Waals surface area contributed by atoms with Gasteiger partial charge in [-0.3, -0.25) is 4.79 Å². The van der Waals surface area contributed by atoms with E-state index in [4.69, 9.17) is 4.98 Å². The minimum Gasteiger partial charge on any atom is -0.346 e. The van der Waals surface area contributed by atoms with Gasteiger partial charge in [-0.15, -0.1) is 0 Å². The molecule has 1 aliphatic heterocycles. The van der Waals surface area contributed by atoms with Gasteiger partial charge in [0.15, 0.2) is 11.4 Å². The highest BCUT2D eigenvalue weighted by Gasteiger charge is 2.26. The van der Waals surface area contributed by atoms with Gasteiger partial charge in [-0.2, -0.15) is 11.8 Å². The maximum absolute atomic E-state index is 11.2. The quantitative estimate of drug-likeness (QED) is 0.792. The third-order valence-corrected chi connectivity index (χ3v) is 5.83. The van der Waals surface area contributed by atoms with E-state index >= 15 is 0 Å². The molecule has 0 N–H and O–H groups in total. The lowest BCUT2D eigenvalue weighted by Crippen LogP contribution is -2.40. The Morgan fingerprint density at radius 2 is 2.05 bits per heavy atom. The summed E-state index contributed by atoms with van der Waals surface area (Å²) in [4.78, 5) is 19.1. The lowest BCUT2D eigenvalue weighted by atomic mass is 10.0. The van der Waals surface area contributed by atoms with E-state index in [1.807, 2.05) is 11.8 Å². The Hall–Kier alpha value is -0.550. The zero-order valence-electron chi connectivity index (χ0n) is 12.0. The average Bonchev–Trinajstić information content (AvgIpc) is 2.80. The van der Waals surface area contributed by atoms with E-state index in [9.17, 15) is 4.79 Å². The number of rotatable bonds is 4. The standard InChI is InChI=1S/C14H22N2OS2/c1-5-9(2)13-12(8-17)19-14(15-13)16-6-10(3)18-11(4)7-16/h8-11H,5-7H2,1-4H3. The Kier molecular flexibility index (Phi) is 4.90. The summed E-state index contributed by atoms with van der Waals surface area (Å²) < 4.78 is 0. The van der Waals surface area contributed by atoms with Crippen LogP contribution in [0.15, 0.2) is 0 Å². The summed E-state index contributed by atoms with van der Waals surface area (Å²) in [6, 6.07) is 0. The highest BCUT2D eigenvalue weighted by Crippen LogP contribution is 2.34. The number of thioether (sulfide) groups is 1. The summed E-state index contributed by atoms with van der Waals surface area (Å²) in [7, 11) is 0. The lowest BCUT2D eigenvalue weighted by Gasteiger charge is -2.34. The number of hydrogen-bond acceptors (Lipinski definition) is 5. The number of thiazole rings is 1. The van der Waals surface area contributed by atoms with Gasteiger partial charge in [0.2, 0.25) is 0 Å². The number of nitrogens with zero attached hydrogens (tertiary/aromatic N) is 2. The van der Waals surface area contributed by atoms with Crippen molar-refractivity contribution in [3.63, 3.8) is 0 Å².